The van der Waals surface area contributed by atoms with Crippen LogP contribution < -0.4 is 21.7 Å². The van der Waals surface area contributed by atoms with Gasteiger partial charge in [0.15, 0.2) is 0 Å². The molecule has 0 aromatic rings. The number of ketones is 1. The second-order valence-electron chi connectivity index (χ2n) is 14.8. The van der Waals surface area contributed by atoms with Crippen LogP contribution in [0.2, 0.25) is 0 Å². The topological polar surface area (TPSA) is 221 Å². The number of oxime groups is 1. The number of likely N-dealkylation sites (tertiary alicyclic amines) is 2. The van der Waals surface area contributed by atoms with Gasteiger partial charge < -0.3 is 31.8 Å². The second kappa shape index (κ2) is 14.6. The summed E-state index contributed by atoms with van der Waals surface area (Å²) < 4.78 is 0. The Hall–Kier alpha value is -4.30. The number of hydrogen-bond acceptors (Lipinski definition) is 9. The molecule has 3 fully saturated rings. The van der Waals surface area contributed by atoms with E-state index in [1.165, 1.54) is 11.0 Å². The Bertz CT molecular complexity index is 1310. The van der Waals surface area contributed by atoms with E-state index in [1.54, 1.807) is 20.8 Å². The Morgan fingerprint density at radius 3 is 2.11 bits per heavy atom. The van der Waals surface area contributed by atoms with Gasteiger partial charge in [-0.05, 0) is 36.0 Å². The zero-order valence-corrected chi connectivity index (χ0v) is 28.1. The lowest BCUT2D eigenvalue weighted by molar-refractivity contribution is -0.143. The summed E-state index contributed by atoms with van der Waals surface area (Å²) >= 11 is 0. The first kappa shape index (κ1) is 37.2. The zero-order valence-electron chi connectivity index (χ0n) is 28.1. The number of carbonyl (C=O) groups is 7. The lowest BCUT2D eigenvalue weighted by Gasteiger charge is -2.37. The van der Waals surface area contributed by atoms with E-state index < -0.39 is 88.2 Å². The van der Waals surface area contributed by atoms with E-state index in [0.29, 0.717) is 19.3 Å². The molecule has 7 amide bonds. The first-order valence-electron chi connectivity index (χ1n) is 16.0. The zero-order chi connectivity index (χ0) is 35.4. The maximum absolute atomic E-state index is 14.0. The van der Waals surface area contributed by atoms with Crippen molar-refractivity contribution < 1.29 is 38.8 Å². The minimum Gasteiger partial charge on any atom is -0.411 e. The van der Waals surface area contributed by atoms with Crippen molar-refractivity contribution in [3.05, 3.63) is 12.7 Å². The average Bonchev–Trinajstić information content (AvgIpc) is 3.59. The number of imide groups is 1. The van der Waals surface area contributed by atoms with Gasteiger partial charge in [-0.3, -0.25) is 33.7 Å². The Labute approximate surface area is 275 Å². The summed E-state index contributed by atoms with van der Waals surface area (Å²) in [5, 5.41) is 20.1. The Kier molecular flexibility index (Phi) is 11.6. The number of amides is 7. The third kappa shape index (κ3) is 8.95. The van der Waals surface area contributed by atoms with Gasteiger partial charge in [-0.2, -0.15) is 0 Å². The number of nitrogens with zero attached hydrogens (tertiary/aromatic N) is 3. The third-order valence-electron chi connectivity index (χ3n) is 9.06. The normalized spacial score (nSPS) is 23.7. The molecule has 15 heteroatoms. The summed E-state index contributed by atoms with van der Waals surface area (Å²) in [6.45, 7) is 14.4. The van der Waals surface area contributed by atoms with Gasteiger partial charge in [0.1, 0.15) is 12.1 Å². The molecule has 2 saturated heterocycles. The van der Waals surface area contributed by atoms with Crippen LogP contribution in [0.1, 0.15) is 73.6 Å². The van der Waals surface area contributed by atoms with Gasteiger partial charge in [-0.15, -0.1) is 11.7 Å². The predicted molar refractivity (Wildman–Crippen MR) is 171 cm³/mol. The van der Waals surface area contributed by atoms with E-state index in [9.17, 15) is 33.6 Å². The van der Waals surface area contributed by atoms with Crippen LogP contribution in [-0.4, -0.2) is 99.8 Å². The maximum atomic E-state index is 14.0. The van der Waals surface area contributed by atoms with Crippen molar-refractivity contribution in [2.75, 3.05) is 13.1 Å². The van der Waals surface area contributed by atoms with Gasteiger partial charge in [0.2, 0.25) is 29.4 Å². The van der Waals surface area contributed by atoms with Crippen molar-refractivity contribution in [1.29, 1.82) is 0 Å². The van der Waals surface area contributed by atoms with Crippen LogP contribution in [-0.2, 0) is 28.8 Å². The van der Waals surface area contributed by atoms with E-state index in [2.05, 4.69) is 27.7 Å². The quantitative estimate of drug-likeness (QED) is 0.0472. The van der Waals surface area contributed by atoms with Crippen LogP contribution >= 0.6 is 0 Å². The molecule has 15 nitrogen and oxygen atoms in total. The monoisotopic (exact) mass is 659 g/mol. The minimum absolute atomic E-state index is 0.177. The van der Waals surface area contributed by atoms with E-state index in [-0.39, 0.29) is 19.0 Å². The van der Waals surface area contributed by atoms with Crippen molar-refractivity contribution in [3.8, 4) is 0 Å². The standard InChI is InChI=1S/C32H49N7O8/c1-8-18-19(15-34-47)28(44)39(27(18)43)16-22(31(2,3)4)36-30(46)37-24(32(5,6)7)29(45)38-13-9-10-21(38)26(42)35-20(14-17-11-12-17)23(40)25(33)41/h8,15,17-22,24,47H,1,9-14,16H2,2-7H3,(H2,33,41)(H,35,42)(H2,36,37,46)/b34-15+/t18?,19?,20?,21-,22+,24+/m0/s1. The molecule has 0 radical (unpaired) electrons. The van der Waals surface area contributed by atoms with Gasteiger partial charge in [-0.25, -0.2) is 4.79 Å². The van der Waals surface area contributed by atoms with E-state index in [1.807, 2.05) is 20.8 Å². The van der Waals surface area contributed by atoms with Crippen molar-refractivity contribution >= 4 is 47.6 Å². The molecule has 260 valence electrons. The molecule has 1 aliphatic carbocycles. The number of carbonyl (C=O) groups excluding carboxylic acids is 7. The van der Waals surface area contributed by atoms with Crippen molar-refractivity contribution in [3.63, 3.8) is 0 Å². The van der Waals surface area contributed by atoms with Crippen molar-refractivity contribution in [2.24, 2.45) is 39.5 Å². The Morgan fingerprint density at radius 2 is 1.60 bits per heavy atom. The van der Waals surface area contributed by atoms with Crippen LogP contribution in [0.3, 0.4) is 0 Å². The fourth-order valence-electron chi connectivity index (χ4n) is 5.96. The predicted octanol–water partition coefficient (Wildman–Crippen LogP) is 0.693. The molecule has 3 unspecified atom stereocenters. The Balaban J connectivity index is 1.76. The average molecular weight is 660 g/mol. The summed E-state index contributed by atoms with van der Waals surface area (Å²) in [4.78, 5) is 93.4. The minimum atomic E-state index is -1.13. The lowest BCUT2D eigenvalue weighted by atomic mass is 9.85. The number of urea groups is 1. The molecule has 3 rings (SSSR count). The molecule has 0 bridgehead atoms. The Morgan fingerprint density at radius 1 is 0.979 bits per heavy atom. The lowest BCUT2D eigenvalue weighted by Crippen LogP contribution is -2.62. The number of Topliss-reactive ketones (excluding diaryl/α,β-unsaturated/α-hetero) is 1. The van der Waals surface area contributed by atoms with Crippen LogP contribution in [0.4, 0.5) is 4.79 Å². The molecular formula is C32H49N7O8. The molecule has 47 heavy (non-hydrogen) atoms. The van der Waals surface area contributed by atoms with Crippen molar-refractivity contribution in [1.82, 2.24) is 25.8 Å². The van der Waals surface area contributed by atoms with Crippen LogP contribution in [0.15, 0.2) is 17.8 Å². The fraction of sp³-hybridized carbons (Fsp3) is 0.688. The van der Waals surface area contributed by atoms with Gasteiger partial charge in [0.05, 0.1) is 30.1 Å². The molecule has 0 aromatic heterocycles. The molecule has 2 heterocycles. The van der Waals surface area contributed by atoms with Gasteiger partial charge in [-0.1, -0.05) is 60.5 Å². The third-order valence-corrected chi connectivity index (χ3v) is 9.06. The number of primary amides is 1. The van der Waals surface area contributed by atoms with Gasteiger partial charge in [0, 0.05) is 13.1 Å². The van der Waals surface area contributed by atoms with Crippen molar-refractivity contribution in [2.45, 2.75) is 97.8 Å². The molecule has 1 saturated carbocycles. The van der Waals surface area contributed by atoms with Crippen LogP contribution in [0.5, 0.6) is 0 Å². The molecular weight excluding hydrogens is 610 g/mol. The summed E-state index contributed by atoms with van der Waals surface area (Å²) in [7, 11) is 0. The smallest absolute Gasteiger partial charge is 0.315 e. The van der Waals surface area contributed by atoms with E-state index in [4.69, 9.17) is 10.9 Å². The number of hydrogen-bond donors (Lipinski definition) is 5. The number of nitrogens with one attached hydrogen (secondary N) is 3. The van der Waals surface area contributed by atoms with E-state index in [0.717, 1.165) is 24.0 Å². The summed E-state index contributed by atoms with van der Waals surface area (Å²) in [5.74, 6) is -5.93. The SMILES string of the molecule is C=CC1C(=O)N(C[C@@H](NC(=O)N[C@H](C(=O)N2CCC[C@H]2C(=O)NC(CC2CC2)C(=O)C(N)=O)C(C)(C)C)C(C)(C)C)C(=O)C1/C=N/O. The highest BCUT2D eigenvalue weighted by Crippen LogP contribution is 2.34. The first-order chi connectivity index (χ1) is 21.8. The van der Waals surface area contributed by atoms with Crippen LogP contribution in [0, 0.1) is 28.6 Å². The van der Waals surface area contributed by atoms with Gasteiger partial charge >= 0.3 is 6.03 Å². The molecule has 0 spiro atoms. The molecule has 2 aliphatic heterocycles. The summed E-state index contributed by atoms with van der Waals surface area (Å²) in [5.41, 5.74) is 3.76. The summed E-state index contributed by atoms with van der Waals surface area (Å²) in [6, 6.07) is -4.54. The molecule has 3 aliphatic rings. The molecule has 6 N–H and O–H groups in total. The van der Waals surface area contributed by atoms with Gasteiger partial charge in [0.25, 0.3) is 5.91 Å². The highest BCUT2D eigenvalue weighted by molar-refractivity contribution is 6.37. The number of nitrogens with two attached hydrogens (primary N) is 1. The largest absolute Gasteiger partial charge is 0.411 e. The second-order valence-corrected chi connectivity index (χ2v) is 14.8. The molecule has 0 aromatic carbocycles. The molecule has 6 atom stereocenters. The van der Waals surface area contributed by atoms with Crippen LogP contribution in [0.25, 0.3) is 0 Å². The fourth-order valence-corrected chi connectivity index (χ4v) is 5.96. The maximum Gasteiger partial charge on any atom is 0.315 e. The van der Waals surface area contributed by atoms with E-state index >= 15 is 0 Å². The number of rotatable bonds is 13. The first-order valence-corrected chi connectivity index (χ1v) is 16.0. The summed E-state index contributed by atoms with van der Waals surface area (Å²) in [6.07, 6.45) is 5.22. The highest BCUT2D eigenvalue weighted by Gasteiger charge is 2.48. The highest BCUT2D eigenvalue weighted by atomic mass is 16.4.